The molecule has 3 heterocycles. The first kappa shape index (κ1) is 20.5. The lowest BCUT2D eigenvalue weighted by molar-refractivity contribution is -0.144. The number of ether oxygens (including phenoxy) is 1. The van der Waals surface area contributed by atoms with Gasteiger partial charge in [0.1, 0.15) is 0 Å². The van der Waals surface area contributed by atoms with E-state index >= 15 is 0 Å². The van der Waals surface area contributed by atoms with Crippen LogP contribution in [0.5, 0.6) is 0 Å². The summed E-state index contributed by atoms with van der Waals surface area (Å²) >= 11 is 1.45. The van der Waals surface area contributed by atoms with E-state index in [4.69, 9.17) is 10.5 Å². The van der Waals surface area contributed by atoms with Gasteiger partial charge in [0, 0.05) is 26.7 Å². The van der Waals surface area contributed by atoms with Gasteiger partial charge >= 0.3 is 6.18 Å². The van der Waals surface area contributed by atoms with Crippen LogP contribution < -0.4 is 5.73 Å². The molecule has 1 aliphatic rings. The molecule has 0 radical (unpaired) electrons. The van der Waals surface area contributed by atoms with Gasteiger partial charge in [0.25, 0.3) is 0 Å². The Morgan fingerprint density at radius 1 is 1.46 bits per heavy atom. The maximum atomic E-state index is 13.0. The lowest BCUT2D eigenvalue weighted by Crippen LogP contribution is -2.45. The van der Waals surface area contributed by atoms with Gasteiger partial charge in [-0.2, -0.15) is 13.2 Å². The predicted octanol–water partition coefficient (Wildman–Crippen LogP) is 1.43. The van der Waals surface area contributed by atoms with Crippen molar-refractivity contribution in [3.63, 3.8) is 0 Å². The van der Waals surface area contributed by atoms with Crippen LogP contribution in [-0.2, 0) is 17.5 Å². The zero-order chi connectivity index (χ0) is 20.3. The van der Waals surface area contributed by atoms with E-state index in [0.29, 0.717) is 19.7 Å². The van der Waals surface area contributed by atoms with Crippen LogP contribution in [0, 0.1) is 0 Å². The second-order valence-corrected chi connectivity index (χ2v) is 7.04. The fourth-order valence-corrected chi connectivity index (χ4v) is 3.36. The molecular formula is C15H19F3N8OS. The average molecular weight is 416 g/mol. The Morgan fingerprint density at radius 2 is 2.25 bits per heavy atom. The minimum atomic E-state index is -4.71. The summed E-state index contributed by atoms with van der Waals surface area (Å²) < 4.78 is 45.9. The summed E-state index contributed by atoms with van der Waals surface area (Å²) in [5.74, 6) is -1.68. The molecule has 0 bridgehead atoms. The van der Waals surface area contributed by atoms with E-state index in [1.807, 2.05) is 0 Å². The summed E-state index contributed by atoms with van der Waals surface area (Å²) in [6, 6.07) is 0. The summed E-state index contributed by atoms with van der Waals surface area (Å²) in [5.41, 5.74) is 5.55. The second-order valence-electron chi connectivity index (χ2n) is 6.00. The molecule has 0 aliphatic carbocycles. The Morgan fingerprint density at radius 3 is 2.93 bits per heavy atom. The molecule has 1 fully saturated rings. The molecule has 1 aliphatic heterocycles. The molecule has 3 rings (SSSR count). The lowest BCUT2D eigenvalue weighted by atomic mass is 10.2. The molecule has 0 aromatic carbocycles. The quantitative estimate of drug-likeness (QED) is 0.576. The van der Waals surface area contributed by atoms with Crippen LogP contribution in [0.4, 0.5) is 19.0 Å². The molecule has 0 amide bonds. The highest BCUT2D eigenvalue weighted by molar-refractivity contribution is 8.16. The van der Waals surface area contributed by atoms with Gasteiger partial charge in [-0.05, 0) is 5.41 Å². The molecule has 0 spiro atoms. The van der Waals surface area contributed by atoms with Gasteiger partial charge in [0.05, 0.1) is 24.3 Å². The van der Waals surface area contributed by atoms with Crippen LogP contribution in [0.15, 0.2) is 17.0 Å². The SMILES string of the molecule is C=CS/C(CN1CCO[C@@H](Cn2nnc3c(N)nc(C(F)(F)F)nc32)C1)=N\C. The topological polar surface area (TPSA) is 107 Å². The number of aromatic nitrogens is 5. The minimum absolute atomic E-state index is 0.0310. The number of halogens is 3. The van der Waals surface area contributed by atoms with Crippen molar-refractivity contribution in [2.45, 2.75) is 18.8 Å². The van der Waals surface area contributed by atoms with E-state index in [1.54, 1.807) is 12.5 Å². The smallest absolute Gasteiger partial charge is 0.382 e. The third-order valence-corrected chi connectivity index (χ3v) is 4.82. The van der Waals surface area contributed by atoms with Gasteiger partial charge in [-0.15, -0.1) is 5.10 Å². The van der Waals surface area contributed by atoms with E-state index in [0.717, 1.165) is 11.6 Å². The van der Waals surface area contributed by atoms with Gasteiger partial charge < -0.3 is 10.5 Å². The number of hydrogen-bond donors (Lipinski definition) is 1. The van der Waals surface area contributed by atoms with Crippen LogP contribution in [0.2, 0.25) is 0 Å². The van der Waals surface area contributed by atoms with Crippen LogP contribution in [-0.4, -0.2) is 74.3 Å². The first-order chi connectivity index (χ1) is 13.3. The number of nitrogens with two attached hydrogens (primary N) is 1. The number of alkyl halides is 3. The van der Waals surface area contributed by atoms with E-state index in [-0.39, 0.29) is 29.6 Å². The predicted molar refractivity (Wildman–Crippen MR) is 99.9 cm³/mol. The molecular weight excluding hydrogens is 397 g/mol. The molecule has 2 N–H and O–H groups in total. The number of anilines is 1. The highest BCUT2D eigenvalue weighted by atomic mass is 32.2. The van der Waals surface area contributed by atoms with Crippen LogP contribution in [0.1, 0.15) is 5.82 Å². The summed E-state index contributed by atoms with van der Waals surface area (Å²) in [7, 11) is 1.72. The van der Waals surface area contributed by atoms with Gasteiger partial charge in [0.2, 0.25) is 5.82 Å². The number of nitrogen functional groups attached to an aromatic ring is 1. The van der Waals surface area contributed by atoms with Crippen LogP contribution >= 0.6 is 11.8 Å². The van der Waals surface area contributed by atoms with E-state index in [9.17, 15) is 13.2 Å². The molecule has 1 atom stereocenters. The number of rotatable bonds is 5. The lowest BCUT2D eigenvalue weighted by Gasteiger charge is -2.32. The van der Waals surface area contributed by atoms with E-state index in [2.05, 4.69) is 36.8 Å². The molecule has 2 aromatic rings. The Balaban J connectivity index is 1.77. The standard InChI is InChI=1S/C15H19F3N8OS/c1-3-28-10(20-2)8-25-4-5-27-9(6-25)7-26-13-11(23-24-26)12(19)21-14(22-13)15(16,17)18/h3,9H,1,4-8H2,2H3,(H2,19,21,22)/b20-10-/t9-/m1/s1. The molecule has 28 heavy (non-hydrogen) atoms. The van der Waals surface area contributed by atoms with Gasteiger partial charge in [-0.1, -0.05) is 23.6 Å². The molecule has 152 valence electrons. The monoisotopic (exact) mass is 416 g/mol. The molecule has 2 aromatic heterocycles. The number of hydrogen-bond acceptors (Lipinski definition) is 9. The number of nitrogens with zero attached hydrogens (tertiary/aromatic N) is 7. The van der Waals surface area contributed by atoms with Gasteiger partial charge in [-0.25, -0.2) is 14.6 Å². The Labute approximate surface area is 162 Å². The molecule has 13 heteroatoms. The molecule has 1 saturated heterocycles. The Kier molecular flexibility index (Phi) is 6.15. The van der Waals surface area contributed by atoms with Crippen molar-refractivity contribution in [3.05, 3.63) is 17.8 Å². The van der Waals surface area contributed by atoms with Crippen LogP contribution in [0.3, 0.4) is 0 Å². The van der Waals surface area contributed by atoms with Crippen molar-refractivity contribution >= 4 is 33.8 Å². The maximum absolute atomic E-state index is 13.0. The van der Waals surface area contributed by atoms with Crippen LogP contribution in [0.25, 0.3) is 11.2 Å². The third kappa shape index (κ3) is 4.59. The Bertz CT molecular complexity index is 884. The summed E-state index contributed by atoms with van der Waals surface area (Å²) in [6.45, 7) is 6.28. The van der Waals surface area contributed by atoms with Crippen molar-refractivity contribution in [2.24, 2.45) is 4.99 Å². The molecule has 0 unspecified atom stereocenters. The average Bonchev–Trinajstić information content (AvgIpc) is 3.04. The van der Waals surface area contributed by atoms with E-state index < -0.39 is 12.0 Å². The second kappa shape index (κ2) is 8.41. The third-order valence-electron chi connectivity index (χ3n) is 4.07. The summed E-state index contributed by atoms with van der Waals surface area (Å²) in [4.78, 5) is 13.2. The summed E-state index contributed by atoms with van der Waals surface area (Å²) in [6.07, 6.45) is -5.01. The van der Waals surface area contributed by atoms with Gasteiger partial charge in [0.15, 0.2) is 17.0 Å². The number of morpholine rings is 1. The van der Waals surface area contributed by atoms with E-state index in [1.165, 1.54) is 16.4 Å². The maximum Gasteiger partial charge on any atom is 0.451 e. The fourth-order valence-electron chi connectivity index (χ4n) is 2.80. The Hall–Kier alpha value is -2.25. The number of fused-ring (bicyclic) bond motifs is 1. The molecule has 0 saturated carbocycles. The van der Waals surface area contributed by atoms with Gasteiger partial charge in [-0.3, -0.25) is 9.89 Å². The minimum Gasteiger partial charge on any atom is -0.382 e. The van der Waals surface area contributed by atoms with Crippen molar-refractivity contribution in [3.8, 4) is 0 Å². The first-order valence-electron chi connectivity index (χ1n) is 8.33. The zero-order valence-corrected chi connectivity index (χ0v) is 15.9. The fraction of sp³-hybridized carbons (Fsp3) is 0.533. The van der Waals surface area contributed by atoms with Crippen molar-refractivity contribution in [1.82, 2.24) is 29.9 Å². The van der Waals surface area contributed by atoms with Crippen molar-refractivity contribution in [2.75, 3.05) is 39.0 Å². The number of aliphatic imine (C=N–C) groups is 1. The van der Waals surface area contributed by atoms with Crippen molar-refractivity contribution in [1.29, 1.82) is 0 Å². The molecule has 9 nitrogen and oxygen atoms in total. The normalized spacial score (nSPS) is 19.3. The van der Waals surface area contributed by atoms with Crippen molar-refractivity contribution < 1.29 is 17.9 Å². The first-order valence-corrected chi connectivity index (χ1v) is 9.21. The highest BCUT2D eigenvalue weighted by Crippen LogP contribution is 2.28. The highest BCUT2D eigenvalue weighted by Gasteiger charge is 2.36. The zero-order valence-electron chi connectivity index (χ0n) is 15.1. The summed E-state index contributed by atoms with van der Waals surface area (Å²) in [5, 5.41) is 10.3. The number of thioether (sulfide) groups is 1. The largest absolute Gasteiger partial charge is 0.451 e.